The lowest BCUT2D eigenvalue weighted by molar-refractivity contribution is 0.668. The maximum absolute atomic E-state index is 6.60. The van der Waals surface area contributed by atoms with E-state index in [9.17, 15) is 0 Å². The van der Waals surface area contributed by atoms with Crippen molar-refractivity contribution in [1.82, 2.24) is 9.13 Å². The minimum absolute atomic E-state index is 0.907. The lowest BCUT2D eigenvalue weighted by Crippen LogP contribution is -1.94. The van der Waals surface area contributed by atoms with Crippen LogP contribution in [-0.4, -0.2) is 9.13 Å². The Morgan fingerprint density at radius 1 is 0.221 bits per heavy atom. The first-order valence-electron chi connectivity index (χ1n) is 29.2. The summed E-state index contributed by atoms with van der Waals surface area (Å²) in [5.74, 6) is 0. The van der Waals surface area contributed by atoms with Gasteiger partial charge in [0.25, 0.3) is 0 Å². The molecule has 20 rings (SSSR count). The third-order valence-electron chi connectivity index (χ3n) is 18.0. The third-order valence-corrected chi connectivity index (χ3v) is 18.0. The summed E-state index contributed by atoms with van der Waals surface area (Å²) in [6, 6.07) is 99.0. The molecule has 86 heavy (non-hydrogen) atoms. The molecule has 0 radical (unpaired) electrons. The fourth-order valence-corrected chi connectivity index (χ4v) is 14.0. The van der Waals surface area contributed by atoms with Gasteiger partial charge in [0.2, 0.25) is 0 Å². The van der Waals surface area contributed by atoms with E-state index in [4.69, 9.17) is 17.7 Å². The number of hydrogen-bond acceptors (Lipinski definition) is 4. The quantitative estimate of drug-likeness (QED) is 0.176. The number of benzene rings is 14. The van der Waals surface area contributed by atoms with E-state index in [1.807, 2.05) is 42.5 Å². The van der Waals surface area contributed by atoms with E-state index in [1.165, 1.54) is 70.8 Å². The van der Waals surface area contributed by atoms with E-state index >= 15 is 0 Å². The highest BCUT2D eigenvalue weighted by Gasteiger charge is 2.22. The average Bonchev–Trinajstić information content (AvgIpc) is 4.59. The van der Waals surface area contributed by atoms with Crippen LogP contribution in [0.4, 0.5) is 0 Å². The summed E-state index contributed by atoms with van der Waals surface area (Å²) < 4.78 is 29.9. The van der Waals surface area contributed by atoms with E-state index in [2.05, 4.69) is 246 Å². The molecular weight excluding hydrogens is 1050 g/mol. The Morgan fingerprint density at radius 2 is 0.733 bits per heavy atom. The van der Waals surface area contributed by atoms with Crippen molar-refractivity contribution in [2.75, 3.05) is 0 Å². The van der Waals surface area contributed by atoms with Gasteiger partial charge in [0, 0.05) is 76.0 Å². The second-order valence-corrected chi connectivity index (χ2v) is 22.6. The van der Waals surface area contributed by atoms with Crippen molar-refractivity contribution in [2.45, 2.75) is 0 Å². The van der Waals surface area contributed by atoms with Crippen molar-refractivity contribution in [3.05, 3.63) is 279 Å². The zero-order chi connectivity index (χ0) is 56.1. The molecule has 0 N–H and O–H groups in total. The van der Waals surface area contributed by atoms with Crippen molar-refractivity contribution < 1.29 is 17.7 Å². The van der Waals surface area contributed by atoms with Crippen LogP contribution >= 0.6 is 0 Å². The fourth-order valence-electron chi connectivity index (χ4n) is 14.0. The largest absolute Gasteiger partial charge is 0.456 e. The van der Waals surface area contributed by atoms with Crippen LogP contribution in [-0.2, 0) is 0 Å². The molecule has 0 atom stereocenters. The molecule has 0 bridgehead atoms. The number of rotatable bonds is 4. The van der Waals surface area contributed by atoms with Crippen molar-refractivity contribution in [1.29, 1.82) is 0 Å². The van der Waals surface area contributed by atoms with Gasteiger partial charge in [-0.05, 0) is 147 Å². The molecule has 14 aromatic carbocycles. The summed E-state index contributed by atoms with van der Waals surface area (Å²) in [7, 11) is 0. The van der Waals surface area contributed by atoms with Gasteiger partial charge < -0.3 is 26.8 Å². The van der Waals surface area contributed by atoms with Crippen molar-refractivity contribution in [2.24, 2.45) is 0 Å². The molecule has 6 aromatic heterocycles. The Morgan fingerprint density at radius 3 is 1.48 bits per heavy atom. The van der Waals surface area contributed by atoms with Crippen LogP contribution in [0.5, 0.6) is 0 Å². The number of para-hydroxylation sites is 4. The molecule has 6 heteroatoms. The SMILES string of the molecule is c1ccc2c(c1)ccc1c2c2ccc3c4ccccc4oc3c2n1-c1ccc(-c2ccc3oc4ccccc4c3c2)cc1.c1ccc2cc3c(cc2c1)c1cc2oc4ccccc4c2cc1n3-c1ccc(-c2cccc3oc4ccccc4c23)cc1. The first kappa shape index (κ1) is 46.9. The Kier molecular flexibility index (Phi) is 9.80. The number of furan rings is 4. The monoisotopic (exact) mass is 1100 g/mol. The standard InChI is InChI=1S/2C40H23NO2/c1-2-8-28-25(7-1)15-21-34-38(28)32-20-19-31-29-9-3-6-12-36(29)43-40(31)39(32)41(34)27-17-13-24(14-18-27)26-16-22-37-33(23-26)30-10-4-5-11-35(30)42-37;1-2-9-26-21-34-31(20-25(26)8-1)32-23-39-33(29-10-3-5-13-36(29)43-39)22-35(32)41(34)27-18-16-24(17-19-27)28-12-7-15-38-40(28)30-11-4-6-14-37(30)42-38/h2*1-23H. The summed E-state index contributed by atoms with van der Waals surface area (Å²) in [5.41, 5.74) is 18.8. The molecule has 0 spiro atoms. The highest BCUT2D eigenvalue weighted by molar-refractivity contribution is 6.27. The predicted octanol–water partition coefficient (Wildman–Crippen LogP) is 22.8. The molecule has 0 amide bonds. The fraction of sp³-hybridized carbons (Fsp3) is 0. The molecule has 6 nitrogen and oxygen atoms in total. The Balaban J connectivity index is 0.000000126. The smallest absolute Gasteiger partial charge is 0.160 e. The highest BCUT2D eigenvalue weighted by atomic mass is 16.3. The molecule has 400 valence electrons. The molecule has 0 saturated carbocycles. The van der Waals surface area contributed by atoms with Crippen LogP contribution in [0.1, 0.15) is 0 Å². The summed E-state index contributed by atoms with van der Waals surface area (Å²) >= 11 is 0. The van der Waals surface area contributed by atoms with Gasteiger partial charge in [0.15, 0.2) is 5.58 Å². The van der Waals surface area contributed by atoms with Gasteiger partial charge in [-0.3, -0.25) is 0 Å². The maximum atomic E-state index is 6.60. The van der Waals surface area contributed by atoms with Crippen LogP contribution in [0, 0.1) is 0 Å². The molecule has 20 aromatic rings. The molecule has 0 aliphatic rings. The topological polar surface area (TPSA) is 62.4 Å². The van der Waals surface area contributed by atoms with Crippen LogP contribution in [0.25, 0.3) is 187 Å². The van der Waals surface area contributed by atoms with Crippen LogP contribution in [0.15, 0.2) is 297 Å². The summed E-state index contributed by atoms with van der Waals surface area (Å²) in [5, 5.41) is 18.9. The minimum Gasteiger partial charge on any atom is -0.456 e. The van der Waals surface area contributed by atoms with Gasteiger partial charge in [-0.2, -0.15) is 0 Å². The van der Waals surface area contributed by atoms with Gasteiger partial charge in [0.1, 0.15) is 39.1 Å². The lowest BCUT2D eigenvalue weighted by Gasteiger charge is -2.11. The van der Waals surface area contributed by atoms with Gasteiger partial charge in [0.05, 0.1) is 22.1 Å². The Hall–Kier alpha value is -11.6. The number of nitrogens with zero attached hydrogens (tertiary/aromatic N) is 2. The summed E-state index contributed by atoms with van der Waals surface area (Å²) in [6.45, 7) is 0. The van der Waals surface area contributed by atoms with E-state index in [1.54, 1.807) is 0 Å². The molecule has 0 saturated heterocycles. The van der Waals surface area contributed by atoms with E-state index in [0.717, 1.165) is 116 Å². The van der Waals surface area contributed by atoms with Crippen molar-refractivity contribution in [3.63, 3.8) is 0 Å². The van der Waals surface area contributed by atoms with E-state index in [0.29, 0.717) is 0 Å². The van der Waals surface area contributed by atoms with Gasteiger partial charge in [-0.15, -0.1) is 0 Å². The molecular formula is C80H46N2O4. The zero-order valence-corrected chi connectivity index (χ0v) is 46.1. The number of fused-ring (bicyclic) bond motifs is 22. The second kappa shape index (κ2) is 18.0. The van der Waals surface area contributed by atoms with Crippen molar-refractivity contribution in [3.8, 4) is 33.6 Å². The minimum atomic E-state index is 0.907. The molecule has 6 heterocycles. The highest BCUT2D eigenvalue weighted by Crippen LogP contribution is 2.45. The van der Waals surface area contributed by atoms with Gasteiger partial charge >= 0.3 is 0 Å². The number of aromatic nitrogens is 2. The zero-order valence-electron chi connectivity index (χ0n) is 46.1. The summed E-state index contributed by atoms with van der Waals surface area (Å²) in [4.78, 5) is 0. The second-order valence-electron chi connectivity index (χ2n) is 22.6. The van der Waals surface area contributed by atoms with Gasteiger partial charge in [-0.1, -0.05) is 176 Å². The normalized spacial score (nSPS) is 12.2. The molecule has 0 aliphatic heterocycles. The third kappa shape index (κ3) is 6.89. The van der Waals surface area contributed by atoms with Crippen LogP contribution < -0.4 is 0 Å². The number of hydrogen-bond donors (Lipinski definition) is 0. The maximum Gasteiger partial charge on any atom is 0.160 e. The first-order valence-corrected chi connectivity index (χ1v) is 29.2. The Labute approximate surface area is 489 Å². The first-order chi connectivity index (χ1) is 42.6. The molecule has 0 unspecified atom stereocenters. The Bertz CT molecular complexity index is 6200. The molecule has 0 aliphatic carbocycles. The average molecular weight is 1100 g/mol. The van der Waals surface area contributed by atoms with Crippen LogP contribution in [0.2, 0.25) is 0 Å². The van der Waals surface area contributed by atoms with Crippen LogP contribution in [0.3, 0.4) is 0 Å². The lowest BCUT2D eigenvalue weighted by atomic mass is 9.99. The van der Waals surface area contributed by atoms with Gasteiger partial charge in [-0.25, -0.2) is 0 Å². The van der Waals surface area contributed by atoms with E-state index in [-0.39, 0.29) is 0 Å². The predicted molar refractivity (Wildman–Crippen MR) is 357 cm³/mol. The molecule has 0 fully saturated rings. The summed E-state index contributed by atoms with van der Waals surface area (Å²) in [6.07, 6.45) is 0. The van der Waals surface area contributed by atoms with E-state index < -0.39 is 0 Å². The van der Waals surface area contributed by atoms with Crippen molar-refractivity contribution >= 4 is 153 Å².